The first kappa shape index (κ1) is 14.7. The second-order valence-corrected chi connectivity index (χ2v) is 7.19. The molecule has 0 saturated heterocycles. The van der Waals surface area contributed by atoms with E-state index in [0.717, 1.165) is 12.0 Å². The van der Waals surface area contributed by atoms with E-state index in [1.165, 1.54) is 5.56 Å². The molecule has 112 valence electrons. The van der Waals surface area contributed by atoms with Crippen LogP contribution in [0.4, 0.5) is 0 Å². The topological polar surface area (TPSA) is 34.1 Å². The fourth-order valence-electron chi connectivity index (χ4n) is 3.09. The molecule has 0 atom stereocenters. The first-order valence-electron chi connectivity index (χ1n) is 7.63. The Kier molecular flexibility index (Phi) is 3.48. The number of Topliss-reactive ketones (excluding diaryl/α,β-unsaturated/α-hetero) is 2. The predicted octanol–water partition coefficient (Wildman–Crippen LogP) is 4.44. The van der Waals surface area contributed by atoms with Gasteiger partial charge in [-0.25, -0.2) is 0 Å². The van der Waals surface area contributed by atoms with Crippen LogP contribution in [-0.4, -0.2) is 11.6 Å². The molecule has 3 rings (SSSR count). The van der Waals surface area contributed by atoms with Crippen LogP contribution in [0.5, 0.6) is 0 Å². The molecular formula is C20H20O2. The van der Waals surface area contributed by atoms with Crippen molar-refractivity contribution in [3.63, 3.8) is 0 Å². The van der Waals surface area contributed by atoms with Crippen molar-refractivity contribution < 1.29 is 9.59 Å². The predicted molar refractivity (Wildman–Crippen MR) is 87.4 cm³/mol. The van der Waals surface area contributed by atoms with Crippen molar-refractivity contribution in [2.24, 2.45) is 5.41 Å². The minimum atomic E-state index is -0.666. The van der Waals surface area contributed by atoms with Crippen LogP contribution in [0, 0.1) is 5.41 Å². The number of carbonyl (C=O) groups excluding carboxylic acids is 2. The smallest absolute Gasteiger partial charge is 0.178 e. The number of rotatable bonds is 2. The lowest BCUT2D eigenvalue weighted by Crippen LogP contribution is -2.13. The fraction of sp³-hybridized carbons (Fsp3) is 0.300. The van der Waals surface area contributed by atoms with Gasteiger partial charge in [0.25, 0.3) is 0 Å². The quantitative estimate of drug-likeness (QED) is 0.767. The third-order valence-corrected chi connectivity index (χ3v) is 4.03. The van der Waals surface area contributed by atoms with Crippen molar-refractivity contribution in [1.29, 1.82) is 0 Å². The van der Waals surface area contributed by atoms with Gasteiger partial charge in [-0.2, -0.15) is 0 Å². The molecular weight excluding hydrogens is 272 g/mol. The minimum absolute atomic E-state index is 0.0795. The number of hydrogen-bond donors (Lipinski definition) is 0. The summed E-state index contributed by atoms with van der Waals surface area (Å²) >= 11 is 0. The maximum absolute atomic E-state index is 12.5. The molecule has 0 bridgehead atoms. The lowest BCUT2D eigenvalue weighted by atomic mass is 9.86. The molecule has 0 aliphatic heterocycles. The Balaban J connectivity index is 1.90. The van der Waals surface area contributed by atoms with Gasteiger partial charge in [-0.05, 0) is 23.0 Å². The molecule has 2 aromatic rings. The second-order valence-electron chi connectivity index (χ2n) is 7.19. The molecule has 2 aromatic carbocycles. The van der Waals surface area contributed by atoms with Crippen LogP contribution >= 0.6 is 0 Å². The second kappa shape index (κ2) is 5.20. The molecule has 22 heavy (non-hydrogen) atoms. The zero-order chi connectivity index (χ0) is 15.9. The number of benzene rings is 2. The summed E-state index contributed by atoms with van der Waals surface area (Å²) in [6, 6.07) is 15.0. The van der Waals surface area contributed by atoms with Gasteiger partial charge >= 0.3 is 0 Å². The van der Waals surface area contributed by atoms with E-state index in [4.69, 9.17) is 0 Å². The minimum Gasteiger partial charge on any atom is -0.293 e. The van der Waals surface area contributed by atoms with E-state index in [1.54, 1.807) is 24.3 Å². The largest absolute Gasteiger partial charge is 0.293 e. The van der Waals surface area contributed by atoms with Crippen LogP contribution in [-0.2, 0) is 6.42 Å². The SMILES string of the molecule is CC(C)(C)Cc1ccc(C2C(=O)c3ccccc3C2=O)cc1. The van der Waals surface area contributed by atoms with E-state index in [9.17, 15) is 9.59 Å². The van der Waals surface area contributed by atoms with E-state index < -0.39 is 5.92 Å². The summed E-state index contributed by atoms with van der Waals surface area (Å²) in [6.07, 6.45) is 0.972. The summed E-state index contributed by atoms with van der Waals surface area (Å²) in [4.78, 5) is 25.0. The Labute approximate surface area is 131 Å². The van der Waals surface area contributed by atoms with Crippen LogP contribution in [0.25, 0.3) is 0 Å². The molecule has 2 heteroatoms. The van der Waals surface area contributed by atoms with Crippen LogP contribution in [0.1, 0.15) is 58.5 Å². The van der Waals surface area contributed by atoms with E-state index in [2.05, 4.69) is 20.8 Å². The van der Waals surface area contributed by atoms with Crippen molar-refractivity contribution in [2.45, 2.75) is 33.1 Å². The van der Waals surface area contributed by atoms with Crippen molar-refractivity contribution in [3.05, 3.63) is 70.8 Å². The lowest BCUT2D eigenvalue weighted by molar-refractivity contribution is 0.0890. The third kappa shape index (κ3) is 2.61. The highest BCUT2D eigenvalue weighted by Crippen LogP contribution is 2.34. The average Bonchev–Trinajstić information content (AvgIpc) is 2.71. The molecule has 0 heterocycles. The zero-order valence-electron chi connectivity index (χ0n) is 13.2. The highest BCUT2D eigenvalue weighted by atomic mass is 16.2. The summed E-state index contributed by atoms with van der Waals surface area (Å²) in [5, 5.41) is 0. The Morgan fingerprint density at radius 2 is 1.32 bits per heavy atom. The first-order chi connectivity index (χ1) is 10.4. The number of ketones is 2. The molecule has 0 aromatic heterocycles. The zero-order valence-corrected chi connectivity index (χ0v) is 13.2. The van der Waals surface area contributed by atoms with Crippen LogP contribution in [0.2, 0.25) is 0 Å². The number of fused-ring (bicyclic) bond motifs is 1. The van der Waals surface area contributed by atoms with E-state index >= 15 is 0 Å². The van der Waals surface area contributed by atoms with Crippen LogP contribution < -0.4 is 0 Å². The maximum Gasteiger partial charge on any atom is 0.178 e. The molecule has 0 saturated carbocycles. The van der Waals surface area contributed by atoms with Crippen LogP contribution in [0.3, 0.4) is 0 Å². The standard InChI is InChI=1S/C20H20O2/c1-20(2,3)12-13-8-10-14(11-9-13)17-18(21)15-6-4-5-7-16(15)19(17)22/h4-11,17H,12H2,1-3H3. The van der Waals surface area contributed by atoms with Gasteiger partial charge in [0.15, 0.2) is 11.6 Å². The molecule has 0 fully saturated rings. The third-order valence-electron chi connectivity index (χ3n) is 4.03. The Morgan fingerprint density at radius 1 is 0.818 bits per heavy atom. The maximum atomic E-state index is 12.5. The molecule has 0 N–H and O–H groups in total. The first-order valence-corrected chi connectivity index (χ1v) is 7.63. The molecule has 0 unspecified atom stereocenters. The molecule has 1 aliphatic carbocycles. The summed E-state index contributed by atoms with van der Waals surface area (Å²) in [6.45, 7) is 6.59. The van der Waals surface area contributed by atoms with Crippen molar-refractivity contribution in [3.8, 4) is 0 Å². The number of carbonyl (C=O) groups is 2. The van der Waals surface area contributed by atoms with Gasteiger partial charge in [-0.15, -0.1) is 0 Å². The summed E-state index contributed by atoms with van der Waals surface area (Å²) in [7, 11) is 0. The number of hydrogen-bond acceptors (Lipinski definition) is 2. The average molecular weight is 292 g/mol. The molecule has 1 aliphatic rings. The van der Waals surface area contributed by atoms with E-state index in [-0.39, 0.29) is 17.0 Å². The van der Waals surface area contributed by atoms with E-state index in [1.807, 2.05) is 24.3 Å². The van der Waals surface area contributed by atoms with E-state index in [0.29, 0.717) is 11.1 Å². The van der Waals surface area contributed by atoms with Gasteiger partial charge in [0, 0.05) is 11.1 Å². The molecule has 2 nitrogen and oxygen atoms in total. The Hall–Kier alpha value is -2.22. The van der Waals surface area contributed by atoms with Gasteiger partial charge < -0.3 is 0 Å². The molecule has 0 radical (unpaired) electrons. The normalized spacial score (nSPS) is 15.2. The van der Waals surface area contributed by atoms with Crippen LogP contribution in [0.15, 0.2) is 48.5 Å². The summed E-state index contributed by atoms with van der Waals surface area (Å²) < 4.78 is 0. The van der Waals surface area contributed by atoms with Crippen molar-refractivity contribution in [1.82, 2.24) is 0 Å². The highest BCUT2D eigenvalue weighted by molar-refractivity contribution is 6.29. The monoisotopic (exact) mass is 292 g/mol. The highest BCUT2D eigenvalue weighted by Gasteiger charge is 2.39. The van der Waals surface area contributed by atoms with Gasteiger partial charge in [0.05, 0.1) is 0 Å². The Bertz CT molecular complexity index is 698. The summed E-state index contributed by atoms with van der Waals surface area (Å²) in [5.41, 5.74) is 3.35. The van der Waals surface area contributed by atoms with Gasteiger partial charge in [-0.3, -0.25) is 9.59 Å². The van der Waals surface area contributed by atoms with Gasteiger partial charge in [0.2, 0.25) is 0 Å². The fourth-order valence-corrected chi connectivity index (χ4v) is 3.09. The van der Waals surface area contributed by atoms with Gasteiger partial charge in [0.1, 0.15) is 5.92 Å². The lowest BCUT2D eigenvalue weighted by Gasteiger charge is -2.18. The summed E-state index contributed by atoms with van der Waals surface area (Å²) in [5.74, 6) is -0.825. The molecule has 0 spiro atoms. The molecule has 0 amide bonds. The van der Waals surface area contributed by atoms with Crippen molar-refractivity contribution >= 4 is 11.6 Å². The van der Waals surface area contributed by atoms with Gasteiger partial charge in [-0.1, -0.05) is 69.3 Å². The Morgan fingerprint density at radius 3 is 1.77 bits per heavy atom. The van der Waals surface area contributed by atoms with Crippen molar-refractivity contribution in [2.75, 3.05) is 0 Å².